The van der Waals surface area contributed by atoms with E-state index in [2.05, 4.69) is 5.32 Å². The Morgan fingerprint density at radius 3 is 2.65 bits per heavy atom. The van der Waals surface area contributed by atoms with Crippen molar-refractivity contribution in [2.75, 3.05) is 18.6 Å². The van der Waals surface area contributed by atoms with Crippen LogP contribution in [0.2, 0.25) is 0 Å². The molecule has 0 spiro atoms. The average molecular weight is 318 g/mol. The Hall–Kier alpha value is -1.22. The summed E-state index contributed by atoms with van der Waals surface area (Å²) in [5.74, 6) is -1.75. The van der Waals surface area contributed by atoms with Crippen molar-refractivity contribution in [3.8, 4) is 0 Å². The monoisotopic (exact) mass is 318 g/mol. The summed E-state index contributed by atoms with van der Waals surface area (Å²) >= 11 is 2.08. The van der Waals surface area contributed by atoms with Gasteiger partial charge in [0.15, 0.2) is 5.41 Å². The van der Waals surface area contributed by atoms with E-state index in [1.54, 1.807) is 0 Å². The summed E-state index contributed by atoms with van der Waals surface area (Å²) in [4.78, 5) is 47.7. The summed E-state index contributed by atoms with van der Waals surface area (Å²) in [5, 5.41) is 11.2. The van der Waals surface area contributed by atoms with Crippen molar-refractivity contribution in [2.45, 2.75) is 18.3 Å². The molecule has 0 radical (unpaired) electrons. The molecule has 0 saturated carbocycles. The molecule has 0 bridgehead atoms. The number of carboxylic acids is 1. The lowest BCUT2D eigenvalue weighted by Crippen LogP contribution is -2.74. The third-order valence-corrected chi connectivity index (χ3v) is 5.72. The first-order chi connectivity index (χ1) is 9.33. The van der Waals surface area contributed by atoms with Gasteiger partial charge < -0.3 is 15.3 Å². The van der Waals surface area contributed by atoms with Crippen molar-refractivity contribution in [3.05, 3.63) is 0 Å². The van der Waals surface area contributed by atoms with E-state index < -0.39 is 22.5 Å². The molecule has 2 aliphatic rings. The Morgan fingerprint density at radius 2 is 2.15 bits per heavy atom. The second-order valence-corrected chi connectivity index (χ2v) is 6.61. The zero-order chi connectivity index (χ0) is 15.1. The Morgan fingerprint density at radius 1 is 1.50 bits per heavy atom. The highest BCUT2D eigenvalue weighted by Crippen LogP contribution is 2.43. The number of amides is 2. The van der Waals surface area contributed by atoms with Gasteiger partial charge in [0.05, 0.1) is 0 Å². The molecular formula is C11H14N2O5S2. The lowest BCUT2D eigenvalue weighted by molar-refractivity contribution is -0.160. The molecule has 9 heteroatoms. The lowest BCUT2D eigenvalue weighted by Gasteiger charge is -2.53. The van der Waals surface area contributed by atoms with Crippen LogP contribution in [-0.4, -0.2) is 62.9 Å². The Balaban J connectivity index is 2.17. The number of hydrogen-bond acceptors (Lipinski definition) is 6. The summed E-state index contributed by atoms with van der Waals surface area (Å²) in [6, 6.07) is -0.617. The predicted molar refractivity (Wildman–Crippen MR) is 74.2 cm³/mol. The molecule has 0 aromatic carbocycles. The van der Waals surface area contributed by atoms with Crippen LogP contribution in [0.15, 0.2) is 0 Å². The van der Waals surface area contributed by atoms with Gasteiger partial charge >= 0.3 is 5.97 Å². The molecule has 2 aliphatic heterocycles. The minimum atomic E-state index is -1.56. The molecule has 2 fully saturated rings. The van der Waals surface area contributed by atoms with E-state index in [0.29, 0.717) is 0 Å². The van der Waals surface area contributed by atoms with Gasteiger partial charge in [-0.1, -0.05) is 11.8 Å². The zero-order valence-corrected chi connectivity index (χ0v) is 12.5. The molecule has 0 aromatic heterocycles. The molecule has 2 N–H and O–H groups in total. The summed E-state index contributed by atoms with van der Waals surface area (Å²) in [5.41, 5.74) is -1.56. The SMILES string of the molecule is CSC(=O)C1(C(=O)O)CS[C@@H]2C(NC(C)=O)C(=O)N2C1. The van der Waals surface area contributed by atoms with Crippen LogP contribution in [0.3, 0.4) is 0 Å². The fraction of sp³-hybridized carbons (Fsp3) is 0.636. The fourth-order valence-corrected chi connectivity index (χ4v) is 4.57. The molecule has 2 unspecified atom stereocenters. The number of hydrogen-bond donors (Lipinski definition) is 2. The first kappa shape index (κ1) is 15.2. The smallest absolute Gasteiger partial charge is 0.320 e. The van der Waals surface area contributed by atoms with Gasteiger partial charge in [-0.2, -0.15) is 0 Å². The first-order valence-electron chi connectivity index (χ1n) is 5.84. The van der Waals surface area contributed by atoms with Crippen LogP contribution in [0, 0.1) is 5.41 Å². The Bertz CT molecular complexity index is 497. The predicted octanol–water partition coefficient (Wildman–Crippen LogP) is -0.633. The van der Waals surface area contributed by atoms with Crippen LogP contribution >= 0.6 is 23.5 Å². The van der Waals surface area contributed by atoms with E-state index in [4.69, 9.17) is 0 Å². The fourth-order valence-electron chi connectivity index (χ4n) is 2.33. The number of nitrogens with zero attached hydrogens (tertiary/aromatic N) is 1. The minimum Gasteiger partial charge on any atom is -0.480 e. The first-order valence-corrected chi connectivity index (χ1v) is 8.12. The number of thioether (sulfide) groups is 2. The summed E-state index contributed by atoms with van der Waals surface area (Å²) in [6.45, 7) is 1.19. The second kappa shape index (κ2) is 5.28. The number of fused-ring (bicyclic) bond motifs is 1. The van der Waals surface area contributed by atoms with Crippen molar-refractivity contribution in [3.63, 3.8) is 0 Å². The van der Waals surface area contributed by atoms with Crippen LogP contribution in [0.1, 0.15) is 6.92 Å². The van der Waals surface area contributed by atoms with E-state index in [9.17, 15) is 24.3 Å². The highest BCUT2D eigenvalue weighted by atomic mass is 32.2. The number of rotatable bonds is 3. The Kier molecular flexibility index (Phi) is 4.01. The van der Waals surface area contributed by atoms with E-state index in [1.807, 2.05) is 0 Å². The molecule has 0 aromatic rings. The lowest BCUT2D eigenvalue weighted by atomic mass is 9.88. The highest BCUT2D eigenvalue weighted by molar-refractivity contribution is 8.13. The normalized spacial score (nSPS) is 32.1. The van der Waals surface area contributed by atoms with Gasteiger partial charge in [0.1, 0.15) is 11.4 Å². The van der Waals surface area contributed by atoms with Crippen molar-refractivity contribution in [1.29, 1.82) is 0 Å². The van der Waals surface area contributed by atoms with Crippen LogP contribution in [0.4, 0.5) is 0 Å². The van der Waals surface area contributed by atoms with E-state index in [1.165, 1.54) is 29.8 Å². The third-order valence-electron chi connectivity index (χ3n) is 3.43. The summed E-state index contributed by atoms with van der Waals surface area (Å²) in [7, 11) is 0. The topological polar surface area (TPSA) is 104 Å². The maximum absolute atomic E-state index is 11.9. The van der Waals surface area contributed by atoms with Crippen LogP contribution in [0.25, 0.3) is 0 Å². The van der Waals surface area contributed by atoms with Gasteiger partial charge in [-0.3, -0.25) is 19.2 Å². The van der Waals surface area contributed by atoms with Gasteiger partial charge in [0.25, 0.3) is 0 Å². The number of nitrogens with one attached hydrogen (secondary N) is 1. The number of carbonyl (C=O) groups is 4. The molecule has 2 heterocycles. The second-order valence-electron chi connectivity index (χ2n) is 4.72. The van der Waals surface area contributed by atoms with Crippen LogP contribution < -0.4 is 5.32 Å². The average Bonchev–Trinajstić information content (AvgIpc) is 2.42. The van der Waals surface area contributed by atoms with Crippen molar-refractivity contribution >= 4 is 46.4 Å². The van der Waals surface area contributed by atoms with Gasteiger partial charge in [-0.05, 0) is 6.26 Å². The molecule has 20 heavy (non-hydrogen) atoms. The molecule has 2 rings (SSSR count). The van der Waals surface area contributed by atoms with Crippen LogP contribution in [0.5, 0.6) is 0 Å². The molecule has 7 nitrogen and oxygen atoms in total. The van der Waals surface area contributed by atoms with E-state index in [0.717, 1.165) is 11.8 Å². The minimum absolute atomic E-state index is 0.104. The van der Waals surface area contributed by atoms with E-state index in [-0.39, 0.29) is 29.5 Å². The van der Waals surface area contributed by atoms with E-state index >= 15 is 0 Å². The number of carboxylic acid groups (broad SMARTS) is 1. The van der Waals surface area contributed by atoms with Gasteiger partial charge in [-0.25, -0.2) is 0 Å². The third kappa shape index (κ3) is 2.18. The highest BCUT2D eigenvalue weighted by Gasteiger charge is 2.59. The molecular weight excluding hydrogens is 304 g/mol. The molecule has 110 valence electrons. The van der Waals surface area contributed by atoms with Gasteiger partial charge in [0.2, 0.25) is 16.9 Å². The number of β-lactam (4-membered cyclic amide) rings is 1. The number of aliphatic carboxylic acids is 1. The maximum Gasteiger partial charge on any atom is 0.320 e. The summed E-state index contributed by atoms with van der Waals surface area (Å²) < 4.78 is 0. The molecule has 2 amide bonds. The zero-order valence-electron chi connectivity index (χ0n) is 10.9. The maximum atomic E-state index is 11.9. The molecule has 2 saturated heterocycles. The molecule has 3 atom stereocenters. The number of carbonyl (C=O) groups excluding carboxylic acids is 3. The van der Waals surface area contributed by atoms with Crippen molar-refractivity contribution in [2.24, 2.45) is 5.41 Å². The van der Waals surface area contributed by atoms with Gasteiger partial charge in [-0.15, -0.1) is 11.8 Å². The van der Waals surface area contributed by atoms with Crippen molar-refractivity contribution in [1.82, 2.24) is 10.2 Å². The standard InChI is InChI=1S/C11H14N2O5S2/c1-5(14)12-6-7(15)13-3-11(9(16)17,10(18)19-2)4-20-8(6)13/h6,8H,3-4H2,1-2H3,(H,12,14)(H,16,17)/t6?,8-,11?/m1/s1. The largest absolute Gasteiger partial charge is 0.480 e. The molecule has 0 aliphatic carbocycles. The van der Waals surface area contributed by atoms with Gasteiger partial charge in [0, 0.05) is 19.2 Å². The summed E-state index contributed by atoms with van der Waals surface area (Å²) in [6.07, 6.45) is 1.53. The van der Waals surface area contributed by atoms with Crippen LogP contribution in [-0.2, 0) is 19.2 Å². The Labute approximate surface area is 123 Å². The quantitative estimate of drug-likeness (QED) is 0.527. The van der Waals surface area contributed by atoms with Crippen molar-refractivity contribution < 1.29 is 24.3 Å².